The Morgan fingerprint density at radius 3 is 2.50 bits per heavy atom. The molecule has 0 aromatic carbocycles. The van der Waals surface area contributed by atoms with Crippen molar-refractivity contribution in [1.82, 2.24) is 0 Å². The number of carbonyl (C=O) groups is 1. The molecule has 5 heteroatoms. The molecule has 0 saturated heterocycles. The standard InChI is InChI=1S/C11H16O5/c1-2-3-5-10(9(13)14)6-4-8(12)7-11(10,15)16/h4,6-7,12,15-16H,2-3,5H2,1H3,(H,13,14). The van der Waals surface area contributed by atoms with Gasteiger partial charge < -0.3 is 20.4 Å². The maximum absolute atomic E-state index is 11.2. The fraction of sp³-hybridized carbons (Fsp3) is 0.545. The van der Waals surface area contributed by atoms with Crippen LogP contribution in [0.5, 0.6) is 0 Å². The molecule has 1 aliphatic carbocycles. The average Bonchev–Trinajstić information content (AvgIpc) is 2.15. The van der Waals surface area contributed by atoms with Gasteiger partial charge in [0.1, 0.15) is 11.2 Å². The van der Waals surface area contributed by atoms with Crippen molar-refractivity contribution in [3.05, 3.63) is 24.0 Å². The van der Waals surface area contributed by atoms with Gasteiger partial charge in [0.15, 0.2) is 0 Å². The van der Waals surface area contributed by atoms with E-state index in [9.17, 15) is 15.0 Å². The van der Waals surface area contributed by atoms with Gasteiger partial charge in [-0.2, -0.15) is 0 Å². The van der Waals surface area contributed by atoms with Crippen LogP contribution < -0.4 is 0 Å². The maximum atomic E-state index is 11.2. The van der Waals surface area contributed by atoms with Crippen molar-refractivity contribution in [2.75, 3.05) is 0 Å². The number of hydrogen-bond donors (Lipinski definition) is 4. The average molecular weight is 228 g/mol. The molecule has 0 radical (unpaired) electrons. The Labute approximate surface area is 93.3 Å². The molecule has 0 aromatic heterocycles. The molecule has 5 nitrogen and oxygen atoms in total. The van der Waals surface area contributed by atoms with Gasteiger partial charge in [-0.1, -0.05) is 25.8 Å². The Kier molecular flexibility index (Phi) is 3.40. The lowest BCUT2D eigenvalue weighted by atomic mass is 9.72. The highest BCUT2D eigenvalue weighted by Crippen LogP contribution is 2.41. The lowest BCUT2D eigenvalue weighted by Gasteiger charge is -2.38. The van der Waals surface area contributed by atoms with Crippen LogP contribution in [0.1, 0.15) is 26.2 Å². The lowest BCUT2D eigenvalue weighted by molar-refractivity contribution is -0.209. The largest absolute Gasteiger partial charge is 0.508 e. The van der Waals surface area contributed by atoms with E-state index in [-0.39, 0.29) is 12.2 Å². The van der Waals surface area contributed by atoms with Crippen LogP contribution in [0.3, 0.4) is 0 Å². The number of rotatable bonds is 4. The topological polar surface area (TPSA) is 98.0 Å². The predicted octanol–water partition coefficient (Wildman–Crippen LogP) is 0.940. The normalized spacial score (nSPS) is 27.6. The fourth-order valence-electron chi connectivity index (χ4n) is 1.79. The molecule has 0 amide bonds. The molecule has 16 heavy (non-hydrogen) atoms. The van der Waals surface area contributed by atoms with E-state index < -0.39 is 17.2 Å². The maximum Gasteiger partial charge on any atom is 0.319 e. The smallest absolute Gasteiger partial charge is 0.319 e. The third-order valence-electron chi connectivity index (χ3n) is 2.85. The SMILES string of the molecule is CCCCC1(C(=O)O)C=CC(O)=CC1(O)O. The van der Waals surface area contributed by atoms with E-state index in [0.717, 1.165) is 18.6 Å². The summed E-state index contributed by atoms with van der Waals surface area (Å²) in [7, 11) is 0. The van der Waals surface area contributed by atoms with Crippen molar-refractivity contribution in [1.29, 1.82) is 0 Å². The van der Waals surface area contributed by atoms with E-state index >= 15 is 0 Å². The summed E-state index contributed by atoms with van der Waals surface area (Å²) in [6.45, 7) is 1.88. The van der Waals surface area contributed by atoms with Crippen molar-refractivity contribution in [3.8, 4) is 0 Å². The molecule has 0 heterocycles. The van der Waals surface area contributed by atoms with Crippen LogP contribution in [0.25, 0.3) is 0 Å². The number of carboxylic acid groups (broad SMARTS) is 1. The second kappa shape index (κ2) is 4.27. The molecule has 0 aliphatic heterocycles. The Morgan fingerprint density at radius 2 is 2.06 bits per heavy atom. The molecular formula is C11H16O5. The van der Waals surface area contributed by atoms with Gasteiger partial charge in [-0.25, -0.2) is 0 Å². The van der Waals surface area contributed by atoms with Crippen LogP contribution in [-0.2, 0) is 4.79 Å². The molecule has 1 unspecified atom stereocenters. The van der Waals surface area contributed by atoms with E-state index in [1.165, 1.54) is 6.08 Å². The highest BCUT2D eigenvalue weighted by molar-refractivity contribution is 5.79. The number of carboxylic acids is 1. The molecule has 1 aliphatic rings. The summed E-state index contributed by atoms with van der Waals surface area (Å²) >= 11 is 0. The first-order valence-corrected chi connectivity index (χ1v) is 5.15. The second-order valence-corrected chi connectivity index (χ2v) is 4.01. The molecule has 0 fully saturated rings. The molecule has 4 N–H and O–H groups in total. The fourth-order valence-corrected chi connectivity index (χ4v) is 1.79. The highest BCUT2D eigenvalue weighted by Gasteiger charge is 2.53. The molecule has 0 saturated carbocycles. The number of unbranched alkanes of at least 4 members (excludes halogenated alkanes) is 1. The van der Waals surface area contributed by atoms with Crippen LogP contribution in [0.2, 0.25) is 0 Å². The Hall–Kier alpha value is -1.33. The predicted molar refractivity (Wildman–Crippen MR) is 56.6 cm³/mol. The summed E-state index contributed by atoms with van der Waals surface area (Å²) < 4.78 is 0. The van der Waals surface area contributed by atoms with Gasteiger partial charge in [-0.05, 0) is 12.5 Å². The van der Waals surface area contributed by atoms with Gasteiger partial charge in [0, 0.05) is 6.08 Å². The van der Waals surface area contributed by atoms with Crippen LogP contribution in [0.15, 0.2) is 24.0 Å². The van der Waals surface area contributed by atoms with E-state index in [1.807, 2.05) is 6.92 Å². The summed E-state index contributed by atoms with van der Waals surface area (Å²) in [5.74, 6) is -4.23. The van der Waals surface area contributed by atoms with Gasteiger partial charge >= 0.3 is 5.97 Å². The van der Waals surface area contributed by atoms with Crippen LogP contribution in [0.4, 0.5) is 0 Å². The third-order valence-corrected chi connectivity index (χ3v) is 2.85. The first kappa shape index (κ1) is 12.7. The minimum atomic E-state index is -2.56. The first-order valence-electron chi connectivity index (χ1n) is 5.15. The van der Waals surface area contributed by atoms with Crippen molar-refractivity contribution < 1.29 is 25.2 Å². The molecular weight excluding hydrogens is 212 g/mol. The molecule has 0 aromatic rings. The first-order chi connectivity index (χ1) is 7.35. The summed E-state index contributed by atoms with van der Waals surface area (Å²) in [6.07, 6.45) is 4.46. The Morgan fingerprint density at radius 1 is 1.44 bits per heavy atom. The summed E-state index contributed by atoms with van der Waals surface area (Å²) in [6, 6.07) is 0. The summed E-state index contributed by atoms with van der Waals surface area (Å²) in [4.78, 5) is 11.2. The van der Waals surface area contributed by atoms with E-state index in [1.54, 1.807) is 0 Å². The van der Waals surface area contributed by atoms with Crippen molar-refractivity contribution in [2.24, 2.45) is 5.41 Å². The van der Waals surface area contributed by atoms with E-state index in [4.69, 9.17) is 10.2 Å². The van der Waals surface area contributed by atoms with E-state index in [2.05, 4.69) is 0 Å². The van der Waals surface area contributed by atoms with Crippen LogP contribution >= 0.6 is 0 Å². The number of aliphatic carboxylic acids is 1. The number of hydrogen-bond acceptors (Lipinski definition) is 4. The minimum Gasteiger partial charge on any atom is -0.508 e. The minimum absolute atomic E-state index is 0.103. The van der Waals surface area contributed by atoms with Gasteiger partial charge in [0.2, 0.25) is 5.79 Å². The zero-order valence-electron chi connectivity index (χ0n) is 9.05. The van der Waals surface area contributed by atoms with Crippen LogP contribution in [-0.4, -0.2) is 32.2 Å². The van der Waals surface area contributed by atoms with Gasteiger partial charge in [0.25, 0.3) is 0 Å². The molecule has 1 atom stereocenters. The monoisotopic (exact) mass is 228 g/mol. The molecule has 0 spiro atoms. The number of aliphatic hydroxyl groups excluding tert-OH is 1. The second-order valence-electron chi connectivity index (χ2n) is 4.01. The van der Waals surface area contributed by atoms with Crippen molar-refractivity contribution in [3.63, 3.8) is 0 Å². The van der Waals surface area contributed by atoms with Crippen LogP contribution in [0, 0.1) is 5.41 Å². The Bertz CT molecular complexity index is 342. The molecule has 90 valence electrons. The zero-order valence-corrected chi connectivity index (χ0v) is 9.05. The molecule has 1 rings (SSSR count). The van der Waals surface area contributed by atoms with Crippen molar-refractivity contribution >= 4 is 5.97 Å². The number of aliphatic hydroxyl groups is 3. The van der Waals surface area contributed by atoms with E-state index in [0.29, 0.717) is 6.42 Å². The lowest BCUT2D eigenvalue weighted by Crippen LogP contribution is -2.52. The highest BCUT2D eigenvalue weighted by atomic mass is 16.5. The summed E-state index contributed by atoms with van der Waals surface area (Å²) in [5.41, 5.74) is -1.78. The zero-order chi connectivity index (χ0) is 12.4. The molecule has 0 bridgehead atoms. The van der Waals surface area contributed by atoms with Gasteiger partial charge in [-0.15, -0.1) is 0 Å². The van der Waals surface area contributed by atoms with Gasteiger partial charge in [0.05, 0.1) is 0 Å². The Balaban J connectivity index is 3.12. The number of allylic oxidation sites excluding steroid dienone is 1. The van der Waals surface area contributed by atoms with Crippen molar-refractivity contribution in [2.45, 2.75) is 32.0 Å². The van der Waals surface area contributed by atoms with Gasteiger partial charge in [-0.3, -0.25) is 4.79 Å². The quantitative estimate of drug-likeness (QED) is 0.537. The summed E-state index contributed by atoms with van der Waals surface area (Å²) in [5, 5.41) is 37.8. The third kappa shape index (κ3) is 1.96.